The molecule has 1 saturated carbocycles. The van der Waals surface area contributed by atoms with Crippen molar-refractivity contribution >= 4 is 5.97 Å². The first-order chi connectivity index (χ1) is 9.09. The zero-order valence-corrected chi connectivity index (χ0v) is 12.0. The van der Waals surface area contributed by atoms with Crippen LogP contribution in [0, 0.1) is 0 Å². The zero-order chi connectivity index (χ0) is 13.9. The van der Waals surface area contributed by atoms with Gasteiger partial charge in [0.15, 0.2) is 0 Å². The number of hydrogen-bond acceptors (Lipinski definition) is 4. The summed E-state index contributed by atoms with van der Waals surface area (Å²) in [6.45, 7) is 4.79. The number of esters is 1. The van der Waals surface area contributed by atoms with Crippen molar-refractivity contribution < 1.29 is 9.53 Å². The van der Waals surface area contributed by atoms with E-state index in [1.807, 2.05) is 19.3 Å². The van der Waals surface area contributed by atoms with Crippen LogP contribution in [0.1, 0.15) is 38.9 Å². The minimum atomic E-state index is -0.606. The van der Waals surface area contributed by atoms with Crippen LogP contribution >= 0.6 is 0 Å². The Balaban J connectivity index is 2.01. The Morgan fingerprint density at radius 1 is 1.63 bits per heavy atom. The summed E-state index contributed by atoms with van der Waals surface area (Å²) in [6, 6.07) is 0.470. The average molecular weight is 265 g/mol. The van der Waals surface area contributed by atoms with Crippen LogP contribution in [0.25, 0.3) is 0 Å². The first-order valence-corrected chi connectivity index (χ1v) is 6.95. The first kappa shape index (κ1) is 14.1. The summed E-state index contributed by atoms with van der Waals surface area (Å²) >= 11 is 0. The van der Waals surface area contributed by atoms with Gasteiger partial charge in [0.25, 0.3) is 0 Å². The molecule has 0 saturated heterocycles. The number of hydrogen-bond donors (Lipinski definition) is 1. The maximum Gasteiger partial charge on any atom is 0.325 e. The average Bonchev–Trinajstić information content (AvgIpc) is 3.09. The van der Waals surface area contributed by atoms with Gasteiger partial charge in [-0.1, -0.05) is 6.92 Å². The van der Waals surface area contributed by atoms with Crippen molar-refractivity contribution in [2.75, 3.05) is 7.11 Å². The van der Waals surface area contributed by atoms with Crippen LogP contribution < -0.4 is 5.32 Å². The number of methoxy groups -OCH3 is 1. The van der Waals surface area contributed by atoms with Crippen LogP contribution in [0.4, 0.5) is 0 Å². The Bertz CT molecular complexity index is 440. The number of carbonyl (C=O) groups excluding carboxylic acids is 1. The molecule has 1 atom stereocenters. The molecule has 1 aliphatic carbocycles. The minimum Gasteiger partial charge on any atom is -0.468 e. The molecule has 0 amide bonds. The molecular formula is C14H23N3O2. The van der Waals surface area contributed by atoms with E-state index in [4.69, 9.17) is 4.74 Å². The predicted octanol–water partition coefficient (Wildman–Crippen LogP) is 1.52. The van der Waals surface area contributed by atoms with Crippen LogP contribution in [0.5, 0.6) is 0 Å². The Morgan fingerprint density at radius 2 is 2.37 bits per heavy atom. The molecule has 0 spiro atoms. The van der Waals surface area contributed by atoms with Crippen molar-refractivity contribution in [1.82, 2.24) is 14.9 Å². The molecule has 5 nitrogen and oxygen atoms in total. The topological polar surface area (TPSA) is 56.2 Å². The normalized spacial score (nSPS) is 18.1. The molecule has 19 heavy (non-hydrogen) atoms. The van der Waals surface area contributed by atoms with Crippen LogP contribution in [0.15, 0.2) is 12.4 Å². The number of aryl methyl sites for hydroxylation is 2. The fourth-order valence-corrected chi connectivity index (χ4v) is 2.34. The summed E-state index contributed by atoms with van der Waals surface area (Å²) in [6.07, 6.45) is 7.68. The van der Waals surface area contributed by atoms with E-state index in [2.05, 4.69) is 21.8 Å². The van der Waals surface area contributed by atoms with E-state index < -0.39 is 5.54 Å². The van der Waals surface area contributed by atoms with Crippen molar-refractivity contribution in [2.24, 2.45) is 0 Å². The number of imidazole rings is 1. The molecule has 1 aromatic heterocycles. The maximum atomic E-state index is 12.0. The summed E-state index contributed by atoms with van der Waals surface area (Å²) in [5.41, 5.74) is -0.606. The highest BCUT2D eigenvalue weighted by molar-refractivity contribution is 5.80. The Kier molecular flexibility index (Phi) is 4.24. The lowest BCUT2D eigenvalue weighted by Crippen LogP contribution is -2.51. The van der Waals surface area contributed by atoms with Gasteiger partial charge in [-0.3, -0.25) is 10.1 Å². The van der Waals surface area contributed by atoms with Gasteiger partial charge in [-0.05, 0) is 26.2 Å². The van der Waals surface area contributed by atoms with Gasteiger partial charge in [0.1, 0.15) is 11.4 Å². The number of nitrogens with one attached hydrogen (secondary N) is 1. The molecule has 0 bridgehead atoms. The Morgan fingerprint density at radius 3 is 2.95 bits per heavy atom. The molecular weight excluding hydrogens is 242 g/mol. The standard InChI is InChI=1S/C14H23N3O2/c1-4-12-15-8-10-17(12)9-7-14(2,13(18)19-3)16-11-5-6-11/h8,10-11,16H,4-7,9H2,1-3H3. The summed E-state index contributed by atoms with van der Waals surface area (Å²) < 4.78 is 7.05. The molecule has 0 aliphatic heterocycles. The van der Waals surface area contributed by atoms with Gasteiger partial charge in [0.05, 0.1) is 7.11 Å². The van der Waals surface area contributed by atoms with Crippen LogP contribution in [0.2, 0.25) is 0 Å². The predicted molar refractivity (Wildman–Crippen MR) is 72.8 cm³/mol. The first-order valence-electron chi connectivity index (χ1n) is 6.95. The highest BCUT2D eigenvalue weighted by Crippen LogP contribution is 2.25. The molecule has 0 aromatic carbocycles. The monoisotopic (exact) mass is 265 g/mol. The van der Waals surface area contributed by atoms with E-state index >= 15 is 0 Å². The van der Waals surface area contributed by atoms with E-state index in [9.17, 15) is 4.79 Å². The molecule has 1 fully saturated rings. The number of ether oxygens (including phenoxy) is 1. The van der Waals surface area contributed by atoms with Gasteiger partial charge in [0.2, 0.25) is 0 Å². The molecule has 2 rings (SSSR count). The molecule has 1 N–H and O–H groups in total. The summed E-state index contributed by atoms with van der Waals surface area (Å²) in [5.74, 6) is 0.871. The second-order valence-corrected chi connectivity index (χ2v) is 5.38. The van der Waals surface area contributed by atoms with Gasteiger partial charge in [-0.2, -0.15) is 0 Å². The second-order valence-electron chi connectivity index (χ2n) is 5.38. The van der Waals surface area contributed by atoms with Crippen molar-refractivity contribution in [3.05, 3.63) is 18.2 Å². The minimum absolute atomic E-state index is 0.183. The lowest BCUT2D eigenvalue weighted by molar-refractivity contribution is -0.148. The van der Waals surface area contributed by atoms with Gasteiger partial charge in [0, 0.05) is 31.4 Å². The summed E-state index contributed by atoms with van der Waals surface area (Å²) in [7, 11) is 1.45. The maximum absolute atomic E-state index is 12.0. The number of nitrogens with zero attached hydrogens (tertiary/aromatic N) is 2. The quantitative estimate of drug-likeness (QED) is 0.759. The fraction of sp³-hybridized carbons (Fsp3) is 0.714. The van der Waals surface area contributed by atoms with E-state index in [0.29, 0.717) is 12.5 Å². The molecule has 106 valence electrons. The van der Waals surface area contributed by atoms with Crippen LogP contribution in [-0.2, 0) is 22.5 Å². The highest BCUT2D eigenvalue weighted by atomic mass is 16.5. The van der Waals surface area contributed by atoms with E-state index in [1.165, 1.54) is 7.11 Å². The van der Waals surface area contributed by atoms with Crippen molar-refractivity contribution in [2.45, 2.75) is 57.7 Å². The van der Waals surface area contributed by atoms with E-state index in [1.54, 1.807) is 0 Å². The molecule has 1 aliphatic rings. The largest absolute Gasteiger partial charge is 0.468 e. The lowest BCUT2D eigenvalue weighted by Gasteiger charge is -2.28. The SMILES string of the molecule is CCc1nccn1CCC(C)(NC1CC1)C(=O)OC. The van der Waals surface area contributed by atoms with E-state index in [-0.39, 0.29) is 5.97 Å². The summed E-state index contributed by atoms with van der Waals surface area (Å²) in [5, 5.41) is 3.41. The van der Waals surface area contributed by atoms with Crippen molar-refractivity contribution in [3.63, 3.8) is 0 Å². The van der Waals surface area contributed by atoms with Gasteiger partial charge in [-0.15, -0.1) is 0 Å². The van der Waals surface area contributed by atoms with Crippen LogP contribution in [-0.4, -0.2) is 34.2 Å². The number of aromatic nitrogens is 2. The number of rotatable bonds is 7. The third kappa shape index (κ3) is 3.35. The Hall–Kier alpha value is -1.36. The van der Waals surface area contributed by atoms with Gasteiger partial charge >= 0.3 is 5.97 Å². The van der Waals surface area contributed by atoms with Crippen molar-refractivity contribution in [1.29, 1.82) is 0 Å². The fourth-order valence-electron chi connectivity index (χ4n) is 2.34. The molecule has 5 heteroatoms. The van der Waals surface area contributed by atoms with Crippen LogP contribution in [0.3, 0.4) is 0 Å². The molecule has 1 heterocycles. The molecule has 1 unspecified atom stereocenters. The van der Waals surface area contributed by atoms with E-state index in [0.717, 1.165) is 31.6 Å². The lowest BCUT2D eigenvalue weighted by atomic mass is 9.97. The molecule has 0 radical (unpaired) electrons. The highest BCUT2D eigenvalue weighted by Gasteiger charge is 2.39. The summed E-state index contributed by atoms with van der Waals surface area (Å²) in [4.78, 5) is 16.3. The Labute approximate surface area is 114 Å². The second kappa shape index (κ2) is 5.74. The smallest absolute Gasteiger partial charge is 0.325 e. The van der Waals surface area contributed by atoms with Gasteiger partial charge in [-0.25, -0.2) is 4.98 Å². The molecule has 1 aromatic rings. The van der Waals surface area contributed by atoms with Crippen molar-refractivity contribution in [3.8, 4) is 0 Å². The number of carbonyl (C=O) groups is 1. The zero-order valence-electron chi connectivity index (χ0n) is 12.0. The third-order valence-electron chi connectivity index (χ3n) is 3.71. The third-order valence-corrected chi connectivity index (χ3v) is 3.71. The van der Waals surface area contributed by atoms with Gasteiger partial charge < -0.3 is 9.30 Å².